The van der Waals surface area contributed by atoms with Gasteiger partial charge in [0.05, 0.1) is 0 Å². The molecular formula is C29H34O. The largest absolute Gasteiger partial charge is 0.489 e. The van der Waals surface area contributed by atoms with Gasteiger partial charge in [0.25, 0.3) is 0 Å². The highest BCUT2D eigenvalue weighted by molar-refractivity contribution is 5.52. The van der Waals surface area contributed by atoms with Gasteiger partial charge in [-0.15, -0.1) is 0 Å². The van der Waals surface area contributed by atoms with Crippen molar-refractivity contribution in [3.8, 4) is 5.75 Å². The summed E-state index contributed by atoms with van der Waals surface area (Å²) in [5, 5.41) is 0. The van der Waals surface area contributed by atoms with Gasteiger partial charge in [-0.05, 0) is 67.4 Å². The molecule has 0 radical (unpaired) electrons. The number of hydrogen-bond acceptors (Lipinski definition) is 1. The Balaban J connectivity index is 1.55. The predicted molar refractivity (Wildman–Crippen MR) is 129 cm³/mol. The van der Waals surface area contributed by atoms with E-state index in [-0.39, 0.29) is 0 Å². The van der Waals surface area contributed by atoms with Gasteiger partial charge < -0.3 is 4.74 Å². The van der Waals surface area contributed by atoms with Crippen molar-refractivity contribution in [3.63, 3.8) is 0 Å². The molecule has 30 heavy (non-hydrogen) atoms. The molecular weight excluding hydrogens is 364 g/mol. The second-order valence-corrected chi connectivity index (χ2v) is 8.88. The number of ether oxygens (including phenoxy) is 1. The van der Waals surface area contributed by atoms with Crippen LogP contribution in [0.1, 0.15) is 58.1 Å². The van der Waals surface area contributed by atoms with E-state index in [1.807, 2.05) is 30.3 Å². The summed E-state index contributed by atoms with van der Waals surface area (Å²) in [6.07, 6.45) is 14.9. The molecule has 0 spiro atoms. The van der Waals surface area contributed by atoms with E-state index >= 15 is 0 Å². The van der Waals surface area contributed by atoms with Gasteiger partial charge in [0.15, 0.2) is 0 Å². The fourth-order valence-electron chi connectivity index (χ4n) is 4.00. The van der Waals surface area contributed by atoms with Crippen LogP contribution in [-0.4, -0.2) is 0 Å². The van der Waals surface area contributed by atoms with E-state index in [4.69, 9.17) is 4.74 Å². The van der Waals surface area contributed by atoms with Crippen LogP contribution in [0.5, 0.6) is 5.75 Å². The van der Waals surface area contributed by atoms with Crippen LogP contribution >= 0.6 is 0 Å². The molecule has 0 atom stereocenters. The van der Waals surface area contributed by atoms with Gasteiger partial charge in [0, 0.05) is 0 Å². The highest BCUT2D eigenvalue weighted by Crippen LogP contribution is 2.40. The molecule has 2 aromatic rings. The lowest BCUT2D eigenvalue weighted by atomic mass is 9.72. The Bertz CT molecular complexity index is 938. The summed E-state index contributed by atoms with van der Waals surface area (Å²) in [4.78, 5) is 0. The van der Waals surface area contributed by atoms with E-state index < -0.39 is 0 Å². The standard InChI is InChI=1S/C29H34O/c1-23(15-20-28-24(2)11-9-21-29(28,3)4)10-8-12-25-16-18-26(19-17-25)22-30-27-13-6-5-7-14-27/h5-8,10,12-20H,9,11,21-22H2,1-4H3/b12-8+,20-15+,23-10+. The molecule has 0 aromatic heterocycles. The Morgan fingerprint density at radius 3 is 2.43 bits per heavy atom. The number of rotatable bonds is 7. The molecule has 156 valence electrons. The van der Waals surface area contributed by atoms with E-state index in [9.17, 15) is 0 Å². The van der Waals surface area contributed by atoms with Crippen molar-refractivity contribution in [1.29, 1.82) is 0 Å². The van der Waals surface area contributed by atoms with Crippen LogP contribution in [-0.2, 0) is 6.61 Å². The van der Waals surface area contributed by atoms with Crippen LogP contribution in [0.4, 0.5) is 0 Å². The third-order valence-corrected chi connectivity index (χ3v) is 5.83. The third kappa shape index (κ3) is 6.35. The number of para-hydroxylation sites is 1. The number of benzene rings is 2. The van der Waals surface area contributed by atoms with Crippen molar-refractivity contribution >= 4 is 6.08 Å². The van der Waals surface area contributed by atoms with Gasteiger partial charge >= 0.3 is 0 Å². The molecule has 0 unspecified atom stereocenters. The topological polar surface area (TPSA) is 9.23 Å². The average Bonchev–Trinajstić information content (AvgIpc) is 2.73. The van der Waals surface area contributed by atoms with Gasteiger partial charge in [-0.2, -0.15) is 0 Å². The summed E-state index contributed by atoms with van der Waals surface area (Å²) in [6, 6.07) is 18.5. The average molecular weight is 399 g/mol. The number of hydrogen-bond donors (Lipinski definition) is 0. The molecule has 1 heteroatoms. The summed E-state index contributed by atoms with van der Waals surface area (Å²) in [5.41, 5.74) is 6.98. The van der Waals surface area contributed by atoms with Crippen molar-refractivity contribution in [2.75, 3.05) is 0 Å². The Morgan fingerprint density at radius 1 is 1.00 bits per heavy atom. The zero-order chi connectivity index (χ0) is 21.4. The molecule has 1 aliphatic rings. The summed E-state index contributed by atoms with van der Waals surface area (Å²) >= 11 is 0. The fourth-order valence-corrected chi connectivity index (χ4v) is 4.00. The summed E-state index contributed by atoms with van der Waals surface area (Å²) in [5.74, 6) is 0.901. The van der Waals surface area contributed by atoms with Crippen LogP contribution in [0.15, 0.2) is 95.6 Å². The Labute approximate surface area is 182 Å². The lowest BCUT2D eigenvalue weighted by molar-refractivity contribution is 0.306. The minimum absolute atomic E-state index is 0.293. The maximum atomic E-state index is 5.80. The van der Waals surface area contributed by atoms with E-state index in [0.717, 1.165) is 5.75 Å². The van der Waals surface area contributed by atoms with Crippen LogP contribution in [0, 0.1) is 5.41 Å². The predicted octanol–water partition coefficient (Wildman–Crippen LogP) is 8.31. The first-order chi connectivity index (χ1) is 14.4. The Morgan fingerprint density at radius 2 is 1.73 bits per heavy atom. The molecule has 0 N–H and O–H groups in total. The van der Waals surface area contributed by atoms with Crippen molar-refractivity contribution in [1.82, 2.24) is 0 Å². The van der Waals surface area contributed by atoms with E-state index in [1.54, 1.807) is 5.57 Å². The van der Waals surface area contributed by atoms with Crippen LogP contribution < -0.4 is 4.74 Å². The van der Waals surface area contributed by atoms with E-state index in [1.165, 1.54) is 41.5 Å². The molecule has 0 heterocycles. The van der Waals surface area contributed by atoms with Gasteiger partial charge in [0.1, 0.15) is 12.4 Å². The first-order valence-electron chi connectivity index (χ1n) is 10.9. The summed E-state index contributed by atoms with van der Waals surface area (Å²) < 4.78 is 5.80. The SMILES string of the molecule is CC1=C(/C=C/C(C)=C/C=C/c2ccc(COc3ccccc3)cc2)C(C)(C)CCC1. The fraction of sp³-hybridized carbons (Fsp3) is 0.310. The smallest absolute Gasteiger partial charge is 0.119 e. The lowest BCUT2D eigenvalue weighted by Crippen LogP contribution is -2.19. The second-order valence-electron chi connectivity index (χ2n) is 8.88. The van der Waals surface area contributed by atoms with Crippen LogP contribution in [0.3, 0.4) is 0 Å². The zero-order valence-corrected chi connectivity index (χ0v) is 18.8. The maximum absolute atomic E-state index is 5.80. The van der Waals surface area contributed by atoms with Gasteiger partial charge in [-0.1, -0.05) is 97.8 Å². The highest BCUT2D eigenvalue weighted by atomic mass is 16.5. The van der Waals surface area contributed by atoms with Gasteiger partial charge in [-0.25, -0.2) is 0 Å². The molecule has 1 nitrogen and oxygen atoms in total. The normalized spacial score (nSPS) is 17.1. The van der Waals surface area contributed by atoms with Crippen molar-refractivity contribution in [3.05, 3.63) is 107 Å². The van der Waals surface area contributed by atoms with E-state index in [2.05, 4.69) is 82.3 Å². The van der Waals surface area contributed by atoms with Crippen LogP contribution in [0.25, 0.3) is 6.08 Å². The maximum Gasteiger partial charge on any atom is 0.119 e. The Hall–Kier alpha value is -2.80. The molecule has 0 saturated carbocycles. The summed E-state index contributed by atoms with van der Waals surface area (Å²) in [6.45, 7) is 9.76. The zero-order valence-electron chi connectivity index (χ0n) is 18.8. The molecule has 1 aliphatic carbocycles. The minimum Gasteiger partial charge on any atom is -0.489 e. The monoisotopic (exact) mass is 398 g/mol. The van der Waals surface area contributed by atoms with Crippen molar-refractivity contribution < 1.29 is 4.74 Å². The molecule has 0 fully saturated rings. The van der Waals surface area contributed by atoms with Gasteiger partial charge in [-0.3, -0.25) is 0 Å². The summed E-state index contributed by atoms with van der Waals surface area (Å²) in [7, 11) is 0. The van der Waals surface area contributed by atoms with Gasteiger partial charge in [0.2, 0.25) is 0 Å². The molecule has 3 rings (SSSR count). The lowest BCUT2D eigenvalue weighted by Gasteiger charge is -2.32. The molecule has 0 aliphatic heterocycles. The van der Waals surface area contributed by atoms with E-state index in [0.29, 0.717) is 12.0 Å². The quantitative estimate of drug-likeness (QED) is 0.426. The third-order valence-electron chi connectivity index (χ3n) is 5.83. The molecule has 0 amide bonds. The second kappa shape index (κ2) is 10.3. The molecule has 2 aromatic carbocycles. The molecule has 0 bridgehead atoms. The first kappa shape index (κ1) is 21.9. The first-order valence-corrected chi connectivity index (χ1v) is 10.9. The number of allylic oxidation sites excluding steroid dienone is 7. The molecule has 0 saturated heterocycles. The van der Waals surface area contributed by atoms with Crippen molar-refractivity contribution in [2.45, 2.75) is 53.6 Å². The minimum atomic E-state index is 0.293. The van der Waals surface area contributed by atoms with Crippen LogP contribution in [0.2, 0.25) is 0 Å². The van der Waals surface area contributed by atoms with Crippen molar-refractivity contribution in [2.24, 2.45) is 5.41 Å². The highest BCUT2D eigenvalue weighted by Gasteiger charge is 2.26. The Kier molecular flexibility index (Phi) is 7.52.